The zero-order valence-corrected chi connectivity index (χ0v) is 20.5. The monoisotopic (exact) mass is 488 g/mol. The number of hydrogen-bond donors (Lipinski definition) is 0. The number of rotatable bonds is 6. The van der Waals surface area contributed by atoms with E-state index in [0.717, 1.165) is 26.8 Å². The van der Waals surface area contributed by atoms with Crippen LogP contribution < -0.4 is 16.1 Å². The number of thiazole rings is 1. The van der Waals surface area contributed by atoms with Crippen molar-refractivity contribution < 1.29 is 4.79 Å². The van der Waals surface area contributed by atoms with Crippen molar-refractivity contribution in [1.82, 2.24) is 23.7 Å². The normalized spacial score (nSPS) is 11.4. The molecular formula is C25H24N6O3S. The Bertz CT molecular complexity index is 1680. The number of imidazole rings is 1. The van der Waals surface area contributed by atoms with Crippen molar-refractivity contribution in [1.29, 1.82) is 0 Å². The van der Waals surface area contributed by atoms with Crippen molar-refractivity contribution in [3.63, 3.8) is 0 Å². The maximum Gasteiger partial charge on any atom is 0.332 e. The Morgan fingerprint density at radius 1 is 1.03 bits per heavy atom. The third-order valence-corrected chi connectivity index (χ3v) is 7.13. The number of carbonyl (C=O) groups excluding carboxylic acids is 1. The van der Waals surface area contributed by atoms with E-state index < -0.39 is 11.2 Å². The van der Waals surface area contributed by atoms with Gasteiger partial charge in [0, 0.05) is 14.1 Å². The molecule has 0 N–H and O–H groups in total. The predicted molar refractivity (Wildman–Crippen MR) is 137 cm³/mol. The third-order valence-electron chi connectivity index (χ3n) is 6.09. The van der Waals surface area contributed by atoms with Gasteiger partial charge in [0.15, 0.2) is 16.3 Å². The van der Waals surface area contributed by atoms with Gasteiger partial charge in [-0.25, -0.2) is 14.8 Å². The summed E-state index contributed by atoms with van der Waals surface area (Å²) in [5.74, 6) is -0.237. The van der Waals surface area contributed by atoms with E-state index in [0.29, 0.717) is 11.7 Å². The molecule has 3 heterocycles. The highest BCUT2D eigenvalue weighted by Crippen LogP contribution is 2.31. The molecule has 0 spiro atoms. The molecule has 0 bridgehead atoms. The highest BCUT2D eigenvalue weighted by atomic mass is 32.1. The van der Waals surface area contributed by atoms with E-state index in [9.17, 15) is 14.4 Å². The summed E-state index contributed by atoms with van der Waals surface area (Å²) in [6.45, 7) is 2.32. The van der Waals surface area contributed by atoms with Crippen molar-refractivity contribution in [2.45, 2.75) is 26.4 Å². The number of nitrogens with zero attached hydrogens (tertiary/aromatic N) is 6. The summed E-state index contributed by atoms with van der Waals surface area (Å²) in [6, 6.07) is 15.8. The quantitative estimate of drug-likeness (QED) is 0.366. The number of amides is 1. The Morgan fingerprint density at radius 3 is 2.54 bits per heavy atom. The van der Waals surface area contributed by atoms with Gasteiger partial charge in [0.05, 0.1) is 23.1 Å². The minimum absolute atomic E-state index is 0.118. The lowest BCUT2D eigenvalue weighted by atomic mass is 10.2. The Kier molecular flexibility index (Phi) is 5.81. The largest absolute Gasteiger partial charge is 0.332 e. The topological polar surface area (TPSA) is 95.0 Å². The van der Waals surface area contributed by atoms with E-state index in [1.807, 2.05) is 42.5 Å². The highest BCUT2D eigenvalue weighted by Gasteiger charge is 2.23. The number of aryl methyl sites for hydroxylation is 2. The van der Waals surface area contributed by atoms with Crippen molar-refractivity contribution in [3.8, 4) is 0 Å². The fourth-order valence-electron chi connectivity index (χ4n) is 4.07. The van der Waals surface area contributed by atoms with E-state index in [1.165, 1.54) is 39.4 Å². The van der Waals surface area contributed by atoms with Crippen LogP contribution in [-0.2, 0) is 38.4 Å². The second-order valence-electron chi connectivity index (χ2n) is 8.37. The Hall–Kier alpha value is -4.05. The number of carbonyl (C=O) groups is 1. The molecule has 0 aliphatic heterocycles. The van der Waals surface area contributed by atoms with Crippen LogP contribution >= 0.6 is 11.3 Å². The van der Waals surface area contributed by atoms with Crippen LogP contribution in [0.5, 0.6) is 0 Å². The summed E-state index contributed by atoms with van der Waals surface area (Å²) in [5, 5.41) is 0.590. The van der Waals surface area contributed by atoms with Crippen LogP contribution in [0.4, 0.5) is 5.13 Å². The van der Waals surface area contributed by atoms with Gasteiger partial charge in [0.25, 0.3) is 5.56 Å². The average Bonchev–Trinajstić information content (AvgIpc) is 3.49. The van der Waals surface area contributed by atoms with E-state index in [4.69, 9.17) is 4.98 Å². The van der Waals surface area contributed by atoms with Crippen molar-refractivity contribution in [3.05, 3.63) is 86.8 Å². The molecule has 9 nitrogen and oxygen atoms in total. The van der Waals surface area contributed by atoms with Crippen LogP contribution in [-0.4, -0.2) is 29.6 Å². The van der Waals surface area contributed by atoms with E-state index in [-0.39, 0.29) is 23.6 Å². The summed E-state index contributed by atoms with van der Waals surface area (Å²) in [4.78, 5) is 49.4. The van der Waals surface area contributed by atoms with Crippen LogP contribution in [0.3, 0.4) is 0 Å². The van der Waals surface area contributed by atoms with Gasteiger partial charge in [-0.15, -0.1) is 0 Å². The van der Waals surface area contributed by atoms with Gasteiger partial charge in [-0.3, -0.25) is 23.6 Å². The summed E-state index contributed by atoms with van der Waals surface area (Å²) in [5.41, 5.74) is 2.50. The minimum Gasteiger partial charge on any atom is -0.315 e. The molecule has 0 aliphatic carbocycles. The number of anilines is 1. The Labute approximate surface area is 204 Å². The van der Waals surface area contributed by atoms with Crippen LogP contribution in [0.15, 0.2) is 64.4 Å². The first-order valence-corrected chi connectivity index (χ1v) is 12.0. The number of aromatic nitrogens is 5. The van der Waals surface area contributed by atoms with Crippen LogP contribution in [0.25, 0.3) is 21.4 Å². The molecule has 5 rings (SSSR count). The molecule has 2 aromatic carbocycles. The van der Waals surface area contributed by atoms with Crippen LogP contribution in [0.2, 0.25) is 0 Å². The first-order valence-electron chi connectivity index (χ1n) is 11.2. The molecule has 10 heteroatoms. The van der Waals surface area contributed by atoms with Crippen LogP contribution in [0.1, 0.15) is 18.1 Å². The first kappa shape index (κ1) is 22.7. The van der Waals surface area contributed by atoms with E-state index in [2.05, 4.69) is 18.0 Å². The Morgan fingerprint density at radius 2 is 1.80 bits per heavy atom. The minimum atomic E-state index is -0.491. The summed E-state index contributed by atoms with van der Waals surface area (Å²) in [6.07, 6.45) is 2.34. The molecule has 0 unspecified atom stereocenters. The molecule has 3 aromatic heterocycles. The highest BCUT2D eigenvalue weighted by molar-refractivity contribution is 7.22. The van der Waals surface area contributed by atoms with E-state index in [1.54, 1.807) is 11.9 Å². The molecular weight excluding hydrogens is 464 g/mol. The lowest BCUT2D eigenvalue weighted by Crippen LogP contribution is -2.38. The molecule has 1 amide bonds. The smallest absolute Gasteiger partial charge is 0.315 e. The number of hydrogen-bond acceptors (Lipinski definition) is 6. The molecule has 0 atom stereocenters. The number of fused-ring (bicyclic) bond motifs is 2. The van der Waals surface area contributed by atoms with Gasteiger partial charge in [-0.1, -0.05) is 54.7 Å². The van der Waals surface area contributed by atoms with Gasteiger partial charge in [0.2, 0.25) is 5.91 Å². The van der Waals surface area contributed by atoms with Crippen LogP contribution in [0, 0.1) is 0 Å². The second-order valence-corrected chi connectivity index (χ2v) is 9.38. The lowest BCUT2D eigenvalue weighted by molar-refractivity contribution is -0.119. The molecule has 5 aromatic rings. The molecule has 0 fully saturated rings. The van der Waals surface area contributed by atoms with Gasteiger partial charge in [-0.05, 0) is 29.7 Å². The Balaban J connectivity index is 1.56. The first-order chi connectivity index (χ1) is 16.9. The van der Waals surface area contributed by atoms with Crippen molar-refractivity contribution >= 4 is 43.8 Å². The predicted octanol–water partition coefficient (Wildman–Crippen LogP) is 2.84. The SMILES string of the molecule is CCc1ccc2nc(N(Cc3ccccc3)C(=O)Cn3cnc4c3c(=O)n(C)c(=O)n4C)sc2c1. The van der Waals surface area contributed by atoms with Gasteiger partial charge >= 0.3 is 5.69 Å². The fourth-order valence-corrected chi connectivity index (χ4v) is 5.11. The maximum atomic E-state index is 13.7. The maximum absolute atomic E-state index is 13.7. The molecule has 0 radical (unpaired) electrons. The zero-order valence-electron chi connectivity index (χ0n) is 19.6. The summed E-state index contributed by atoms with van der Waals surface area (Å²) < 4.78 is 4.84. The van der Waals surface area contributed by atoms with Gasteiger partial charge in [0.1, 0.15) is 6.54 Å². The average molecular weight is 489 g/mol. The molecule has 0 aliphatic rings. The zero-order chi connectivity index (χ0) is 24.7. The summed E-state index contributed by atoms with van der Waals surface area (Å²) in [7, 11) is 2.97. The van der Waals surface area contributed by atoms with E-state index >= 15 is 0 Å². The van der Waals surface area contributed by atoms with Crippen molar-refractivity contribution in [2.75, 3.05) is 4.90 Å². The second kappa shape index (κ2) is 8.95. The lowest BCUT2D eigenvalue weighted by Gasteiger charge is -2.20. The fraction of sp³-hybridized carbons (Fsp3) is 0.240. The molecule has 0 saturated carbocycles. The standard InChI is InChI=1S/C25H24N6O3S/c1-4-16-10-11-18-19(12-16)35-24(27-18)31(13-17-8-6-5-7-9-17)20(32)14-30-15-26-22-21(30)23(33)29(3)25(34)28(22)2/h5-12,15H,4,13-14H2,1-3H3. The van der Waals surface area contributed by atoms with Gasteiger partial charge in [-0.2, -0.15) is 0 Å². The molecule has 0 saturated heterocycles. The molecule has 35 heavy (non-hydrogen) atoms. The van der Waals surface area contributed by atoms with Crippen molar-refractivity contribution in [2.24, 2.45) is 14.1 Å². The third kappa shape index (κ3) is 4.06. The summed E-state index contributed by atoms with van der Waals surface area (Å²) >= 11 is 1.47. The number of benzene rings is 2. The molecule has 178 valence electrons. The van der Waals surface area contributed by atoms with Gasteiger partial charge < -0.3 is 4.57 Å².